The van der Waals surface area contributed by atoms with Crippen molar-refractivity contribution in [3.8, 4) is 5.75 Å². The van der Waals surface area contributed by atoms with Gasteiger partial charge in [-0.3, -0.25) is 4.98 Å². The topological polar surface area (TPSA) is 34.2 Å². The molecule has 1 N–H and O–H groups in total. The van der Waals surface area contributed by atoms with E-state index >= 15 is 0 Å². The highest BCUT2D eigenvalue weighted by Gasteiger charge is 2.17. The van der Waals surface area contributed by atoms with Crippen LogP contribution in [0.5, 0.6) is 5.75 Å². The second-order valence-corrected chi connectivity index (χ2v) is 4.96. The zero-order chi connectivity index (χ0) is 13.8. The van der Waals surface area contributed by atoms with Crippen molar-refractivity contribution in [2.75, 3.05) is 14.2 Å². The summed E-state index contributed by atoms with van der Waals surface area (Å²) in [6, 6.07) is 6.50. The van der Waals surface area contributed by atoms with E-state index in [9.17, 15) is 4.39 Å². The molecule has 0 saturated heterocycles. The quantitative estimate of drug-likeness (QED) is 0.937. The highest BCUT2D eigenvalue weighted by molar-refractivity contribution is 9.10. The summed E-state index contributed by atoms with van der Waals surface area (Å²) >= 11 is 3.37. The van der Waals surface area contributed by atoms with Crippen molar-refractivity contribution in [2.24, 2.45) is 0 Å². The van der Waals surface area contributed by atoms with Crippen LogP contribution in [0.25, 0.3) is 0 Å². The van der Waals surface area contributed by atoms with Crippen LogP contribution in [0.1, 0.15) is 17.2 Å². The monoisotopic (exact) mass is 324 g/mol. The van der Waals surface area contributed by atoms with E-state index in [1.54, 1.807) is 31.6 Å². The fourth-order valence-electron chi connectivity index (χ4n) is 1.96. The van der Waals surface area contributed by atoms with Gasteiger partial charge in [0.2, 0.25) is 0 Å². The summed E-state index contributed by atoms with van der Waals surface area (Å²) in [5.74, 6) is 0.196. The van der Waals surface area contributed by atoms with E-state index in [1.807, 2.05) is 6.07 Å². The van der Waals surface area contributed by atoms with Gasteiger partial charge in [-0.25, -0.2) is 4.39 Å². The summed E-state index contributed by atoms with van der Waals surface area (Å²) in [5, 5.41) is 3.10. The Labute approximate surface area is 119 Å². The molecule has 19 heavy (non-hydrogen) atoms. The number of hydrogen-bond donors (Lipinski definition) is 1. The Hall–Kier alpha value is -1.46. The third-order valence-electron chi connectivity index (χ3n) is 2.87. The van der Waals surface area contributed by atoms with Crippen molar-refractivity contribution >= 4 is 15.9 Å². The first-order valence-corrected chi connectivity index (χ1v) is 6.56. The lowest BCUT2D eigenvalue weighted by molar-refractivity contribution is 0.410. The molecular weight excluding hydrogens is 311 g/mol. The molecule has 2 rings (SSSR count). The molecule has 0 radical (unpaired) electrons. The van der Waals surface area contributed by atoms with Crippen molar-refractivity contribution in [3.05, 3.63) is 58.1 Å². The predicted molar refractivity (Wildman–Crippen MR) is 75.8 cm³/mol. The maximum Gasteiger partial charge on any atom is 0.132 e. The fourth-order valence-corrected chi connectivity index (χ4v) is 2.34. The van der Waals surface area contributed by atoms with Crippen molar-refractivity contribution in [3.63, 3.8) is 0 Å². The van der Waals surface area contributed by atoms with Gasteiger partial charge in [-0.15, -0.1) is 0 Å². The standard InChI is InChI=1S/C14H14BrFN2O/c1-17-14(9-5-10(15)8-18-7-9)12-4-3-11(19-2)6-13(12)16/h3-8,14,17H,1-2H3. The number of nitrogens with zero attached hydrogens (tertiary/aromatic N) is 1. The molecule has 0 fully saturated rings. The summed E-state index contributed by atoms with van der Waals surface area (Å²) in [4.78, 5) is 4.11. The second-order valence-electron chi connectivity index (χ2n) is 4.05. The number of pyridine rings is 1. The molecule has 1 atom stereocenters. The highest BCUT2D eigenvalue weighted by atomic mass is 79.9. The first-order valence-electron chi connectivity index (χ1n) is 5.77. The molecule has 1 heterocycles. The summed E-state index contributed by atoms with van der Waals surface area (Å²) in [6.45, 7) is 0. The predicted octanol–water partition coefficient (Wildman–Crippen LogP) is 3.30. The number of ether oxygens (including phenoxy) is 1. The molecule has 0 aliphatic carbocycles. The van der Waals surface area contributed by atoms with Crippen molar-refractivity contribution in [1.82, 2.24) is 10.3 Å². The van der Waals surface area contributed by atoms with E-state index in [2.05, 4.69) is 26.2 Å². The molecule has 0 aliphatic heterocycles. The number of methoxy groups -OCH3 is 1. The fraction of sp³-hybridized carbons (Fsp3) is 0.214. The van der Waals surface area contributed by atoms with Crippen LogP contribution in [-0.2, 0) is 0 Å². The molecule has 0 bridgehead atoms. The van der Waals surface area contributed by atoms with Gasteiger partial charge in [0.15, 0.2) is 0 Å². The number of aromatic nitrogens is 1. The zero-order valence-corrected chi connectivity index (χ0v) is 12.2. The Kier molecular flexibility index (Phi) is 4.50. The van der Waals surface area contributed by atoms with Gasteiger partial charge < -0.3 is 10.1 Å². The lowest BCUT2D eigenvalue weighted by Crippen LogP contribution is -2.19. The third kappa shape index (κ3) is 3.11. The van der Waals surface area contributed by atoms with Crippen LogP contribution in [0.3, 0.4) is 0 Å². The highest BCUT2D eigenvalue weighted by Crippen LogP contribution is 2.27. The Balaban J connectivity index is 2.42. The third-order valence-corrected chi connectivity index (χ3v) is 3.30. The largest absolute Gasteiger partial charge is 0.497 e. The Morgan fingerprint density at radius 3 is 2.68 bits per heavy atom. The summed E-state index contributed by atoms with van der Waals surface area (Å²) in [5.41, 5.74) is 1.45. The van der Waals surface area contributed by atoms with Crippen LogP contribution < -0.4 is 10.1 Å². The maximum atomic E-state index is 14.1. The molecule has 0 aliphatic rings. The minimum Gasteiger partial charge on any atom is -0.497 e. The van der Waals surface area contributed by atoms with E-state index < -0.39 is 0 Å². The van der Waals surface area contributed by atoms with E-state index in [1.165, 1.54) is 13.2 Å². The second kappa shape index (κ2) is 6.12. The number of rotatable bonds is 4. The first kappa shape index (κ1) is 14.0. The maximum absolute atomic E-state index is 14.1. The average molecular weight is 325 g/mol. The van der Waals surface area contributed by atoms with Crippen molar-refractivity contribution in [1.29, 1.82) is 0 Å². The van der Waals surface area contributed by atoms with Gasteiger partial charge in [-0.05, 0) is 40.7 Å². The Bertz CT molecular complexity index is 577. The molecule has 2 aromatic rings. The molecule has 3 nitrogen and oxygen atoms in total. The molecule has 0 saturated carbocycles. The minimum atomic E-state index is -0.307. The van der Waals surface area contributed by atoms with Crippen LogP contribution >= 0.6 is 15.9 Å². The van der Waals surface area contributed by atoms with Gasteiger partial charge in [-0.2, -0.15) is 0 Å². The van der Waals surface area contributed by atoms with E-state index in [4.69, 9.17) is 4.74 Å². The zero-order valence-electron chi connectivity index (χ0n) is 10.7. The van der Waals surface area contributed by atoms with Crippen LogP contribution in [0.2, 0.25) is 0 Å². The molecule has 100 valence electrons. The molecule has 1 unspecified atom stereocenters. The summed E-state index contributed by atoms with van der Waals surface area (Å²) in [6.07, 6.45) is 3.41. The molecule has 5 heteroatoms. The molecular formula is C14H14BrFN2O. The van der Waals surface area contributed by atoms with Crippen LogP contribution in [0.4, 0.5) is 4.39 Å². The summed E-state index contributed by atoms with van der Waals surface area (Å²) < 4.78 is 20.0. The van der Waals surface area contributed by atoms with E-state index in [0.717, 1.165) is 10.0 Å². The number of hydrogen-bond acceptors (Lipinski definition) is 3. The number of nitrogens with one attached hydrogen (secondary N) is 1. The van der Waals surface area contributed by atoms with Gasteiger partial charge in [0.25, 0.3) is 0 Å². The van der Waals surface area contributed by atoms with Crippen molar-refractivity contribution < 1.29 is 9.13 Å². The van der Waals surface area contributed by atoms with Gasteiger partial charge in [-0.1, -0.05) is 6.07 Å². The number of halogens is 2. The van der Waals surface area contributed by atoms with Gasteiger partial charge in [0, 0.05) is 28.5 Å². The van der Waals surface area contributed by atoms with E-state index in [0.29, 0.717) is 11.3 Å². The molecule has 0 amide bonds. The van der Waals surface area contributed by atoms with Crippen LogP contribution in [0.15, 0.2) is 41.1 Å². The minimum absolute atomic E-state index is 0.254. The smallest absolute Gasteiger partial charge is 0.132 e. The first-order chi connectivity index (χ1) is 9.15. The normalized spacial score (nSPS) is 12.2. The van der Waals surface area contributed by atoms with Crippen LogP contribution in [-0.4, -0.2) is 19.1 Å². The molecule has 0 spiro atoms. The van der Waals surface area contributed by atoms with Gasteiger partial charge in [0.05, 0.1) is 13.2 Å². The lowest BCUT2D eigenvalue weighted by Gasteiger charge is -2.18. The lowest BCUT2D eigenvalue weighted by atomic mass is 10.00. The van der Waals surface area contributed by atoms with Crippen LogP contribution in [0, 0.1) is 5.82 Å². The van der Waals surface area contributed by atoms with E-state index in [-0.39, 0.29) is 11.9 Å². The SMILES string of the molecule is CNC(c1cncc(Br)c1)c1ccc(OC)cc1F. The average Bonchev–Trinajstić information content (AvgIpc) is 2.41. The molecule has 1 aromatic carbocycles. The Morgan fingerprint density at radius 1 is 1.32 bits per heavy atom. The number of benzene rings is 1. The Morgan fingerprint density at radius 2 is 2.11 bits per heavy atom. The van der Waals surface area contributed by atoms with Gasteiger partial charge >= 0.3 is 0 Å². The van der Waals surface area contributed by atoms with Gasteiger partial charge in [0.1, 0.15) is 11.6 Å². The molecule has 1 aromatic heterocycles. The summed E-state index contributed by atoms with van der Waals surface area (Å²) in [7, 11) is 3.30. The van der Waals surface area contributed by atoms with Crippen molar-refractivity contribution in [2.45, 2.75) is 6.04 Å².